The lowest BCUT2D eigenvalue weighted by atomic mass is 10.2. The van der Waals surface area contributed by atoms with Gasteiger partial charge in [0.05, 0.1) is 11.4 Å². The first-order valence-corrected chi connectivity index (χ1v) is 10.1. The molecule has 0 spiro atoms. The number of thiazole rings is 1. The molecule has 0 aliphatic carbocycles. The Morgan fingerprint density at radius 3 is 2.38 bits per heavy atom. The number of hydrogen-bond donors (Lipinski definition) is 2. The number of aromatic nitrogens is 1. The number of carboxylic acid groups (broad SMARTS) is 1. The summed E-state index contributed by atoms with van der Waals surface area (Å²) in [5, 5.41) is 14.6. The Balaban J connectivity index is 1.48. The fourth-order valence-electron chi connectivity index (χ4n) is 3.27. The smallest absolute Gasteiger partial charge is 0.407 e. The normalized spacial score (nSPS) is 13.9. The van der Waals surface area contributed by atoms with E-state index >= 15 is 0 Å². The molecule has 2 heterocycles. The van der Waals surface area contributed by atoms with E-state index in [1.54, 1.807) is 5.38 Å². The highest BCUT2D eigenvalue weighted by molar-refractivity contribution is 7.13. The lowest BCUT2D eigenvalue weighted by Gasteiger charge is -2.35. The van der Waals surface area contributed by atoms with Gasteiger partial charge in [-0.25, -0.2) is 9.78 Å². The number of piperazine rings is 1. The Hall–Kier alpha value is -3.39. The lowest BCUT2D eigenvalue weighted by Crippen LogP contribution is -2.48. The summed E-state index contributed by atoms with van der Waals surface area (Å²) in [5.74, 6) is -0.264. The minimum atomic E-state index is -0.899. The lowest BCUT2D eigenvalue weighted by molar-refractivity contribution is 0.102. The SMILES string of the molecule is O=C(Nc1ccccc1N1CCN(C(=O)O)CC1)c1csc(-c2ccccc2)n1. The molecule has 2 N–H and O–H groups in total. The van der Waals surface area contributed by atoms with Gasteiger partial charge in [0.1, 0.15) is 10.7 Å². The molecule has 0 atom stereocenters. The van der Waals surface area contributed by atoms with Gasteiger partial charge in [0.2, 0.25) is 0 Å². The molecule has 1 aromatic heterocycles. The average molecular weight is 408 g/mol. The van der Waals surface area contributed by atoms with Crippen LogP contribution in [0.3, 0.4) is 0 Å². The van der Waals surface area contributed by atoms with Gasteiger partial charge in [-0.15, -0.1) is 11.3 Å². The summed E-state index contributed by atoms with van der Waals surface area (Å²) in [7, 11) is 0. The Labute approximate surface area is 172 Å². The van der Waals surface area contributed by atoms with Crippen LogP contribution in [0.25, 0.3) is 10.6 Å². The molecule has 1 fully saturated rings. The summed E-state index contributed by atoms with van der Waals surface area (Å²) in [6.45, 7) is 2.02. The first-order chi connectivity index (χ1) is 14.1. The molecule has 0 radical (unpaired) electrons. The van der Waals surface area contributed by atoms with Gasteiger partial charge in [0, 0.05) is 37.1 Å². The summed E-state index contributed by atoms with van der Waals surface area (Å²) in [4.78, 5) is 31.8. The van der Waals surface area contributed by atoms with Gasteiger partial charge in [-0.1, -0.05) is 42.5 Å². The second-order valence-corrected chi connectivity index (χ2v) is 7.49. The average Bonchev–Trinajstić information content (AvgIpc) is 3.25. The molecule has 0 bridgehead atoms. The van der Waals surface area contributed by atoms with Crippen molar-refractivity contribution in [2.45, 2.75) is 0 Å². The monoisotopic (exact) mass is 408 g/mol. The molecule has 4 rings (SSSR count). The molecular formula is C21H20N4O3S. The molecule has 7 nitrogen and oxygen atoms in total. The summed E-state index contributed by atoms with van der Waals surface area (Å²) in [6.07, 6.45) is -0.899. The van der Waals surface area contributed by atoms with Crippen LogP contribution in [0.15, 0.2) is 60.0 Å². The van der Waals surface area contributed by atoms with Crippen molar-refractivity contribution in [1.82, 2.24) is 9.88 Å². The van der Waals surface area contributed by atoms with Gasteiger partial charge in [-0.05, 0) is 12.1 Å². The van der Waals surface area contributed by atoms with Crippen LogP contribution in [0.1, 0.15) is 10.5 Å². The molecule has 0 unspecified atom stereocenters. The molecular weight excluding hydrogens is 388 g/mol. The van der Waals surface area contributed by atoms with E-state index in [0.717, 1.165) is 16.3 Å². The molecule has 2 aromatic carbocycles. The molecule has 1 saturated heterocycles. The van der Waals surface area contributed by atoms with E-state index in [-0.39, 0.29) is 5.91 Å². The van der Waals surface area contributed by atoms with Crippen LogP contribution in [0.5, 0.6) is 0 Å². The molecule has 1 aliphatic rings. The van der Waals surface area contributed by atoms with Gasteiger partial charge in [-0.2, -0.15) is 0 Å². The van der Waals surface area contributed by atoms with Crippen LogP contribution in [0.4, 0.5) is 16.2 Å². The zero-order valence-electron chi connectivity index (χ0n) is 15.6. The first-order valence-electron chi connectivity index (χ1n) is 9.26. The zero-order chi connectivity index (χ0) is 20.2. The molecule has 3 aromatic rings. The van der Waals surface area contributed by atoms with E-state index in [1.807, 2.05) is 54.6 Å². The predicted molar refractivity (Wildman–Crippen MR) is 114 cm³/mol. The number of hydrogen-bond acceptors (Lipinski definition) is 5. The van der Waals surface area contributed by atoms with Crippen molar-refractivity contribution in [3.05, 3.63) is 65.7 Å². The maximum Gasteiger partial charge on any atom is 0.407 e. The highest BCUT2D eigenvalue weighted by Gasteiger charge is 2.22. The van der Waals surface area contributed by atoms with Crippen molar-refractivity contribution < 1.29 is 14.7 Å². The quantitative estimate of drug-likeness (QED) is 0.685. The molecule has 2 amide bonds. The van der Waals surface area contributed by atoms with Crippen molar-refractivity contribution in [2.24, 2.45) is 0 Å². The molecule has 148 valence electrons. The maximum absolute atomic E-state index is 12.8. The summed E-state index contributed by atoms with van der Waals surface area (Å²) in [6, 6.07) is 17.3. The molecule has 29 heavy (non-hydrogen) atoms. The highest BCUT2D eigenvalue weighted by Crippen LogP contribution is 2.28. The van der Waals surface area contributed by atoms with Crippen LogP contribution in [-0.2, 0) is 0 Å². The number of para-hydroxylation sites is 2. The second-order valence-electron chi connectivity index (χ2n) is 6.63. The number of rotatable bonds is 4. The number of benzene rings is 2. The summed E-state index contributed by atoms with van der Waals surface area (Å²) < 4.78 is 0. The Morgan fingerprint density at radius 1 is 0.966 bits per heavy atom. The van der Waals surface area contributed by atoms with Crippen LogP contribution in [0, 0.1) is 0 Å². The molecule has 8 heteroatoms. The van der Waals surface area contributed by atoms with Crippen LogP contribution in [-0.4, -0.2) is 53.2 Å². The molecule has 0 saturated carbocycles. The second kappa shape index (κ2) is 8.32. The third-order valence-electron chi connectivity index (χ3n) is 4.80. The fraction of sp³-hybridized carbons (Fsp3) is 0.190. The fourth-order valence-corrected chi connectivity index (χ4v) is 4.08. The van der Waals surface area contributed by atoms with Gasteiger partial charge in [-0.3, -0.25) is 4.79 Å². The van der Waals surface area contributed by atoms with Gasteiger partial charge in [0.25, 0.3) is 5.91 Å². The number of anilines is 2. The largest absolute Gasteiger partial charge is 0.465 e. The number of nitrogens with one attached hydrogen (secondary N) is 1. The van der Waals surface area contributed by atoms with Crippen LogP contribution in [0.2, 0.25) is 0 Å². The Kier molecular flexibility index (Phi) is 5.44. The minimum Gasteiger partial charge on any atom is -0.465 e. The summed E-state index contributed by atoms with van der Waals surface area (Å²) >= 11 is 1.43. The van der Waals surface area contributed by atoms with E-state index in [0.29, 0.717) is 37.6 Å². The van der Waals surface area contributed by atoms with Crippen molar-refractivity contribution in [3.63, 3.8) is 0 Å². The van der Waals surface area contributed by atoms with E-state index < -0.39 is 6.09 Å². The van der Waals surface area contributed by atoms with Crippen molar-refractivity contribution in [2.75, 3.05) is 36.4 Å². The number of amides is 2. The van der Waals surface area contributed by atoms with Gasteiger partial charge in [0.15, 0.2) is 0 Å². The predicted octanol–water partition coefficient (Wildman–Crippen LogP) is 3.86. The van der Waals surface area contributed by atoms with Crippen molar-refractivity contribution >= 4 is 34.7 Å². The van der Waals surface area contributed by atoms with Gasteiger partial charge >= 0.3 is 6.09 Å². The van der Waals surface area contributed by atoms with Gasteiger partial charge < -0.3 is 20.2 Å². The number of nitrogens with zero attached hydrogens (tertiary/aromatic N) is 3. The van der Waals surface area contributed by atoms with Crippen LogP contribution < -0.4 is 10.2 Å². The zero-order valence-corrected chi connectivity index (χ0v) is 16.4. The van der Waals surface area contributed by atoms with E-state index in [1.165, 1.54) is 16.2 Å². The van der Waals surface area contributed by atoms with Crippen LogP contribution >= 0.6 is 11.3 Å². The number of carbonyl (C=O) groups excluding carboxylic acids is 1. The molecule has 1 aliphatic heterocycles. The van der Waals surface area contributed by atoms with E-state index in [4.69, 9.17) is 5.11 Å². The first kappa shape index (κ1) is 18.9. The standard InChI is InChI=1S/C21H20N4O3S/c26-19(17-14-29-20(23-17)15-6-2-1-3-7-15)22-16-8-4-5-9-18(16)24-10-12-25(13-11-24)21(27)28/h1-9,14H,10-13H2,(H,22,26)(H,27,28). The Bertz CT molecular complexity index is 1010. The summed E-state index contributed by atoms with van der Waals surface area (Å²) in [5.41, 5.74) is 2.92. The van der Waals surface area contributed by atoms with E-state index in [2.05, 4.69) is 15.2 Å². The van der Waals surface area contributed by atoms with Crippen molar-refractivity contribution in [3.8, 4) is 10.6 Å². The third kappa shape index (κ3) is 4.22. The van der Waals surface area contributed by atoms with E-state index in [9.17, 15) is 9.59 Å². The van der Waals surface area contributed by atoms with Crippen molar-refractivity contribution in [1.29, 1.82) is 0 Å². The number of carbonyl (C=O) groups is 2. The highest BCUT2D eigenvalue weighted by atomic mass is 32.1. The maximum atomic E-state index is 12.8. The Morgan fingerprint density at radius 2 is 1.66 bits per heavy atom. The topological polar surface area (TPSA) is 85.8 Å². The minimum absolute atomic E-state index is 0.264. The third-order valence-corrected chi connectivity index (χ3v) is 5.69.